The first kappa shape index (κ1) is 17.1. The topological polar surface area (TPSA) is 97.5 Å². The number of para-hydroxylation sites is 1. The molecule has 0 atom stereocenters. The maximum atomic E-state index is 11.8. The number of anilines is 1. The minimum absolute atomic E-state index is 0.0524. The molecule has 3 aromatic rings. The van der Waals surface area contributed by atoms with Crippen LogP contribution in [0.4, 0.5) is 11.4 Å². The van der Waals surface area contributed by atoms with E-state index in [1.165, 1.54) is 30.4 Å². The average Bonchev–Trinajstić information content (AvgIpc) is 3.01. The van der Waals surface area contributed by atoms with Crippen LogP contribution in [0.1, 0.15) is 6.92 Å². The number of fused-ring (bicyclic) bond motifs is 1. The highest BCUT2D eigenvalue weighted by Gasteiger charge is 2.13. The number of non-ortho nitro benzene ring substituents is 1. The number of Topliss-reactive ketones (excluding diaryl/α,β-unsaturated/α-hetero) is 1. The number of hydrogen-bond donors (Lipinski definition) is 1. The average molecular weight is 372 g/mol. The number of carbonyl (C=O) groups is 1. The number of nitrogens with one attached hydrogen (secondary N) is 1. The van der Waals surface area contributed by atoms with Crippen LogP contribution in [-0.4, -0.2) is 20.7 Å². The molecule has 0 radical (unpaired) electrons. The summed E-state index contributed by atoms with van der Waals surface area (Å²) in [6.45, 7) is 1.41. The highest BCUT2D eigenvalue weighted by molar-refractivity contribution is 8.17. The van der Waals surface area contributed by atoms with Gasteiger partial charge in [-0.05, 0) is 30.0 Å². The van der Waals surface area contributed by atoms with Crippen molar-refractivity contribution in [3.63, 3.8) is 0 Å². The van der Waals surface area contributed by atoms with Gasteiger partial charge < -0.3 is 0 Å². The molecule has 0 aliphatic rings. The number of hydrogen-bond acceptors (Lipinski definition) is 8. The number of carbonyl (C=O) groups excluding carboxylic acids is 1. The maximum Gasteiger partial charge on any atom is 0.271 e. The van der Waals surface area contributed by atoms with E-state index in [2.05, 4.69) is 15.5 Å². The lowest BCUT2D eigenvalue weighted by atomic mass is 10.3. The quantitative estimate of drug-likeness (QED) is 0.236. The van der Waals surface area contributed by atoms with Crippen LogP contribution in [-0.2, 0) is 4.79 Å². The van der Waals surface area contributed by atoms with Crippen molar-refractivity contribution < 1.29 is 9.72 Å². The molecule has 0 fully saturated rings. The first-order chi connectivity index (χ1) is 12.0. The Labute approximate surface area is 150 Å². The van der Waals surface area contributed by atoms with Crippen molar-refractivity contribution in [3.05, 3.63) is 58.6 Å². The zero-order valence-corrected chi connectivity index (χ0v) is 14.6. The molecule has 0 bridgehead atoms. The molecule has 2 aromatic carbocycles. The van der Waals surface area contributed by atoms with Gasteiger partial charge in [-0.2, -0.15) is 5.10 Å². The van der Waals surface area contributed by atoms with Gasteiger partial charge in [-0.3, -0.25) is 20.3 Å². The zero-order valence-electron chi connectivity index (χ0n) is 13.0. The summed E-state index contributed by atoms with van der Waals surface area (Å²) in [4.78, 5) is 26.6. The second-order valence-corrected chi connectivity index (χ2v) is 7.21. The van der Waals surface area contributed by atoms with Crippen molar-refractivity contribution in [1.82, 2.24) is 4.98 Å². The van der Waals surface area contributed by atoms with Gasteiger partial charge in [-0.1, -0.05) is 18.2 Å². The largest absolute Gasteiger partial charge is 0.292 e. The van der Waals surface area contributed by atoms with Gasteiger partial charge in [0.1, 0.15) is 0 Å². The molecule has 0 aliphatic carbocycles. The maximum absolute atomic E-state index is 11.8. The summed E-state index contributed by atoms with van der Waals surface area (Å²) in [5.41, 5.74) is 3.94. The first-order valence-electron chi connectivity index (χ1n) is 7.15. The Kier molecular flexibility index (Phi) is 5.05. The molecule has 9 heteroatoms. The lowest BCUT2D eigenvalue weighted by Crippen LogP contribution is -2.08. The van der Waals surface area contributed by atoms with Crippen LogP contribution < -0.4 is 5.43 Å². The fourth-order valence-corrected chi connectivity index (χ4v) is 3.87. The number of aromatic nitrogens is 1. The van der Waals surface area contributed by atoms with Crippen LogP contribution in [0.2, 0.25) is 0 Å². The Hall–Kier alpha value is -2.78. The highest BCUT2D eigenvalue weighted by Crippen LogP contribution is 2.30. The number of thiazole rings is 1. The molecule has 25 heavy (non-hydrogen) atoms. The molecule has 0 spiro atoms. The van der Waals surface area contributed by atoms with Crippen molar-refractivity contribution in [1.29, 1.82) is 0 Å². The van der Waals surface area contributed by atoms with Crippen LogP contribution >= 0.6 is 23.1 Å². The molecular formula is C16H12N4O3S2. The van der Waals surface area contributed by atoms with E-state index in [9.17, 15) is 14.9 Å². The van der Waals surface area contributed by atoms with Gasteiger partial charge in [0.2, 0.25) is 0 Å². The molecule has 0 unspecified atom stereocenters. The van der Waals surface area contributed by atoms with E-state index < -0.39 is 4.92 Å². The Morgan fingerprint density at radius 2 is 2.08 bits per heavy atom. The summed E-state index contributed by atoms with van der Waals surface area (Å²) in [5, 5.41) is 15.1. The van der Waals surface area contributed by atoms with Crippen LogP contribution in [0, 0.1) is 10.1 Å². The van der Waals surface area contributed by atoms with E-state index in [1.807, 2.05) is 24.3 Å². The summed E-state index contributed by atoms with van der Waals surface area (Å²) >= 11 is 2.64. The standard InChI is InChI=1S/C16H12N4O3S2/c1-10(21)15(19-18-11-5-4-6-12(9-11)20(22)23)25-16-17-13-7-2-3-8-14(13)24-16/h2-9,18H,1H3/b19-15+. The molecule has 0 aliphatic heterocycles. The van der Waals surface area contributed by atoms with Crippen LogP contribution in [0.25, 0.3) is 10.2 Å². The summed E-state index contributed by atoms with van der Waals surface area (Å²) in [5.74, 6) is -0.220. The second kappa shape index (κ2) is 7.41. The second-order valence-electron chi connectivity index (χ2n) is 4.94. The first-order valence-corrected chi connectivity index (χ1v) is 8.79. The van der Waals surface area contributed by atoms with Gasteiger partial charge in [0.25, 0.3) is 5.69 Å². The van der Waals surface area contributed by atoms with Crippen LogP contribution in [0.3, 0.4) is 0 Å². The third-order valence-electron chi connectivity index (χ3n) is 3.10. The van der Waals surface area contributed by atoms with E-state index in [0.717, 1.165) is 22.0 Å². The Morgan fingerprint density at radius 1 is 1.28 bits per heavy atom. The van der Waals surface area contributed by atoms with Gasteiger partial charge in [-0.25, -0.2) is 4.98 Å². The van der Waals surface area contributed by atoms with Crippen LogP contribution in [0.15, 0.2) is 58.0 Å². The van der Waals surface area contributed by atoms with E-state index in [1.54, 1.807) is 12.1 Å². The van der Waals surface area contributed by atoms with Crippen LogP contribution in [0.5, 0.6) is 0 Å². The minimum atomic E-state index is -0.489. The van der Waals surface area contributed by atoms with E-state index in [-0.39, 0.29) is 16.5 Å². The Morgan fingerprint density at radius 3 is 2.80 bits per heavy atom. The number of thioether (sulfide) groups is 1. The number of benzene rings is 2. The van der Waals surface area contributed by atoms with E-state index in [4.69, 9.17) is 0 Å². The zero-order chi connectivity index (χ0) is 17.8. The van der Waals surface area contributed by atoms with Gasteiger partial charge in [0.15, 0.2) is 15.2 Å². The number of nitrogens with zero attached hydrogens (tertiary/aromatic N) is 3. The minimum Gasteiger partial charge on any atom is -0.292 e. The highest BCUT2D eigenvalue weighted by atomic mass is 32.2. The monoisotopic (exact) mass is 372 g/mol. The summed E-state index contributed by atoms with van der Waals surface area (Å²) < 4.78 is 1.73. The van der Waals surface area contributed by atoms with Gasteiger partial charge in [-0.15, -0.1) is 11.3 Å². The van der Waals surface area contributed by atoms with E-state index in [0.29, 0.717) is 10.0 Å². The molecular weight excluding hydrogens is 360 g/mol. The smallest absolute Gasteiger partial charge is 0.271 e. The number of rotatable bonds is 5. The molecule has 0 amide bonds. The van der Waals surface area contributed by atoms with Crippen molar-refractivity contribution in [2.75, 3.05) is 5.43 Å². The molecule has 126 valence electrons. The van der Waals surface area contributed by atoms with Gasteiger partial charge in [0.05, 0.1) is 20.8 Å². The van der Waals surface area contributed by atoms with Crippen molar-refractivity contribution in [3.8, 4) is 0 Å². The molecule has 3 rings (SSSR count). The molecule has 1 N–H and O–H groups in total. The number of nitro benzene ring substituents is 1. The number of hydrazone groups is 1. The summed E-state index contributed by atoms with van der Waals surface area (Å²) in [7, 11) is 0. The number of nitro groups is 1. The number of ketones is 1. The van der Waals surface area contributed by atoms with E-state index >= 15 is 0 Å². The summed E-state index contributed by atoms with van der Waals surface area (Å²) in [6, 6.07) is 13.6. The third-order valence-corrected chi connectivity index (χ3v) is 5.27. The van der Waals surface area contributed by atoms with Crippen molar-refractivity contribution in [2.45, 2.75) is 11.3 Å². The molecule has 1 heterocycles. The third kappa shape index (κ3) is 4.20. The molecule has 7 nitrogen and oxygen atoms in total. The predicted octanol–water partition coefficient (Wildman–Crippen LogP) is 4.31. The SMILES string of the molecule is CC(=O)/C(=N\Nc1cccc([N+](=O)[O-])c1)Sc1nc2ccccc2s1. The predicted molar refractivity (Wildman–Crippen MR) is 100 cm³/mol. The summed E-state index contributed by atoms with van der Waals surface area (Å²) in [6.07, 6.45) is 0. The Balaban J connectivity index is 1.80. The molecule has 1 aromatic heterocycles. The molecule has 0 saturated carbocycles. The van der Waals surface area contributed by atoms with Crippen molar-refractivity contribution in [2.24, 2.45) is 5.10 Å². The normalized spacial score (nSPS) is 11.5. The lowest BCUT2D eigenvalue weighted by molar-refractivity contribution is -0.384. The fourth-order valence-electron chi connectivity index (χ4n) is 1.96. The fraction of sp³-hybridized carbons (Fsp3) is 0.0625. The van der Waals surface area contributed by atoms with Crippen molar-refractivity contribution >= 4 is 55.5 Å². The van der Waals surface area contributed by atoms with Gasteiger partial charge >= 0.3 is 0 Å². The molecule has 0 saturated heterocycles. The lowest BCUT2D eigenvalue weighted by Gasteiger charge is -2.03. The Bertz CT molecular complexity index is 951. The van der Waals surface area contributed by atoms with Gasteiger partial charge in [0, 0.05) is 19.1 Å².